The van der Waals surface area contributed by atoms with E-state index in [1.807, 2.05) is 36.7 Å². The molecule has 7 nitrogen and oxygen atoms in total. The van der Waals surface area contributed by atoms with Gasteiger partial charge in [-0.25, -0.2) is 13.1 Å². The molecule has 8 heteroatoms. The standard InChI is InChI=1S/C24H30N4O3S/c1-16(2)27-32(30,31)21-12-11-17(3)22(13-21)24(29)25-14-23-18(4)26-28(19(23)5)15-20-9-7-6-8-10-20/h6-13,16,27H,14-15H2,1-5H3,(H,25,29). The number of hydrogen-bond donors (Lipinski definition) is 2. The molecule has 0 aliphatic carbocycles. The van der Waals surface area contributed by atoms with Crippen molar-refractivity contribution in [3.8, 4) is 0 Å². The Morgan fingerprint density at radius 2 is 1.75 bits per heavy atom. The fourth-order valence-corrected chi connectivity index (χ4v) is 4.83. The lowest BCUT2D eigenvalue weighted by Gasteiger charge is -2.13. The number of carbonyl (C=O) groups excluding carboxylic acids is 1. The number of carbonyl (C=O) groups is 1. The van der Waals surface area contributed by atoms with Crippen LogP contribution >= 0.6 is 0 Å². The number of nitrogens with zero attached hydrogens (tertiary/aromatic N) is 2. The third-order valence-corrected chi connectivity index (χ3v) is 6.94. The van der Waals surface area contributed by atoms with E-state index in [-0.39, 0.29) is 16.8 Å². The molecular formula is C24H30N4O3S. The van der Waals surface area contributed by atoms with Crippen LogP contribution in [0.25, 0.3) is 0 Å². The fraction of sp³-hybridized carbons (Fsp3) is 0.333. The molecule has 170 valence electrons. The Morgan fingerprint density at radius 1 is 1.06 bits per heavy atom. The number of benzene rings is 2. The maximum Gasteiger partial charge on any atom is 0.251 e. The second-order valence-electron chi connectivity index (χ2n) is 8.23. The van der Waals surface area contributed by atoms with E-state index in [0.717, 1.165) is 22.5 Å². The van der Waals surface area contributed by atoms with Crippen LogP contribution in [-0.4, -0.2) is 30.1 Å². The molecule has 3 rings (SSSR count). The van der Waals surface area contributed by atoms with Crippen molar-refractivity contribution in [3.63, 3.8) is 0 Å². The van der Waals surface area contributed by atoms with Crippen molar-refractivity contribution in [2.45, 2.75) is 58.6 Å². The molecule has 0 saturated carbocycles. The topological polar surface area (TPSA) is 93.1 Å². The highest BCUT2D eigenvalue weighted by atomic mass is 32.2. The minimum Gasteiger partial charge on any atom is -0.348 e. The number of nitrogens with one attached hydrogen (secondary N) is 2. The van der Waals surface area contributed by atoms with Gasteiger partial charge in [-0.15, -0.1) is 0 Å². The molecule has 0 spiro atoms. The second-order valence-corrected chi connectivity index (χ2v) is 9.94. The van der Waals surface area contributed by atoms with Gasteiger partial charge in [-0.3, -0.25) is 9.48 Å². The second kappa shape index (κ2) is 9.67. The van der Waals surface area contributed by atoms with Crippen molar-refractivity contribution < 1.29 is 13.2 Å². The van der Waals surface area contributed by atoms with Crippen molar-refractivity contribution in [1.82, 2.24) is 19.8 Å². The third-order valence-electron chi connectivity index (χ3n) is 5.29. The minimum atomic E-state index is -3.68. The predicted molar refractivity (Wildman–Crippen MR) is 125 cm³/mol. The molecule has 0 unspecified atom stereocenters. The van der Waals surface area contributed by atoms with Crippen molar-refractivity contribution in [2.24, 2.45) is 0 Å². The van der Waals surface area contributed by atoms with Gasteiger partial charge in [0.25, 0.3) is 5.91 Å². The number of amides is 1. The molecule has 0 bridgehead atoms. The van der Waals surface area contributed by atoms with Gasteiger partial charge in [-0.2, -0.15) is 5.10 Å². The summed E-state index contributed by atoms with van der Waals surface area (Å²) in [4.78, 5) is 13.0. The van der Waals surface area contributed by atoms with E-state index < -0.39 is 10.0 Å². The van der Waals surface area contributed by atoms with Gasteiger partial charge in [-0.1, -0.05) is 36.4 Å². The summed E-state index contributed by atoms with van der Waals surface area (Å²) >= 11 is 0. The Morgan fingerprint density at radius 3 is 2.41 bits per heavy atom. The van der Waals surface area contributed by atoms with E-state index >= 15 is 0 Å². The molecule has 1 heterocycles. The van der Waals surface area contributed by atoms with Gasteiger partial charge in [0.15, 0.2) is 0 Å². The fourth-order valence-electron chi connectivity index (χ4n) is 3.56. The lowest BCUT2D eigenvalue weighted by atomic mass is 10.1. The van der Waals surface area contributed by atoms with Gasteiger partial charge < -0.3 is 5.32 Å². The lowest BCUT2D eigenvalue weighted by molar-refractivity contribution is 0.0950. The number of aryl methyl sites for hydroxylation is 2. The molecule has 0 aliphatic rings. The largest absolute Gasteiger partial charge is 0.348 e. The predicted octanol–water partition coefficient (Wildman–Crippen LogP) is 3.47. The molecule has 0 aliphatic heterocycles. The van der Waals surface area contributed by atoms with E-state index in [1.165, 1.54) is 12.1 Å². The zero-order chi connectivity index (χ0) is 23.5. The van der Waals surface area contributed by atoms with Crippen LogP contribution in [-0.2, 0) is 23.1 Å². The van der Waals surface area contributed by atoms with Crippen LogP contribution in [0.5, 0.6) is 0 Å². The van der Waals surface area contributed by atoms with E-state index in [2.05, 4.69) is 27.3 Å². The summed E-state index contributed by atoms with van der Waals surface area (Å²) in [6.07, 6.45) is 0. The first kappa shape index (κ1) is 23.7. The molecule has 2 N–H and O–H groups in total. The summed E-state index contributed by atoms with van der Waals surface area (Å²) in [6, 6.07) is 14.4. The summed E-state index contributed by atoms with van der Waals surface area (Å²) in [5, 5.41) is 7.55. The van der Waals surface area contributed by atoms with Crippen LogP contribution in [0, 0.1) is 20.8 Å². The highest BCUT2D eigenvalue weighted by Gasteiger charge is 2.20. The Hall–Kier alpha value is -2.97. The summed E-state index contributed by atoms with van der Waals surface area (Å²) in [5.74, 6) is -0.321. The Balaban J connectivity index is 1.77. The normalized spacial score (nSPS) is 11.7. The Bertz CT molecular complexity index is 1220. The van der Waals surface area contributed by atoms with Gasteiger partial charge in [-0.05, 0) is 57.9 Å². The van der Waals surface area contributed by atoms with Crippen LogP contribution < -0.4 is 10.0 Å². The quantitative estimate of drug-likeness (QED) is 0.545. The van der Waals surface area contributed by atoms with Gasteiger partial charge >= 0.3 is 0 Å². The monoisotopic (exact) mass is 454 g/mol. The first-order chi connectivity index (χ1) is 15.1. The molecule has 2 aromatic carbocycles. The van der Waals surface area contributed by atoms with Crippen LogP contribution in [0.4, 0.5) is 0 Å². The third kappa shape index (κ3) is 5.44. The number of rotatable bonds is 8. The maximum atomic E-state index is 12.9. The summed E-state index contributed by atoms with van der Waals surface area (Å²) < 4.78 is 29.5. The van der Waals surface area contributed by atoms with Gasteiger partial charge in [0.05, 0.1) is 17.1 Å². The van der Waals surface area contributed by atoms with Gasteiger partial charge in [0, 0.05) is 29.4 Å². The first-order valence-corrected chi connectivity index (χ1v) is 12.0. The molecule has 0 atom stereocenters. The number of hydrogen-bond acceptors (Lipinski definition) is 4. The minimum absolute atomic E-state index is 0.0741. The van der Waals surface area contributed by atoms with Crippen LogP contribution in [0.3, 0.4) is 0 Å². The molecule has 32 heavy (non-hydrogen) atoms. The molecule has 1 aromatic heterocycles. The highest BCUT2D eigenvalue weighted by molar-refractivity contribution is 7.89. The van der Waals surface area contributed by atoms with E-state index in [0.29, 0.717) is 24.2 Å². The SMILES string of the molecule is Cc1ccc(S(=O)(=O)NC(C)C)cc1C(=O)NCc1c(C)nn(Cc2ccccc2)c1C. The Kier molecular flexibility index (Phi) is 7.16. The van der Waals surface area contributed by atoms with Crippen molar-refractivity contribution in [2.75, 3.05) is 0 Å². The molecule has 0 saturated heterocycles. The zero-order valence-electron chi connectivity index (χ0n) is 19.1. The maximum absolute atomic E-state index is 12.9. The summed E-state index contributed by atoms with van der Waals surface area (Å²) in [7, 11) is -3.68. The van der Waals surface area contributed by atoms with Crippen molar-refractivity contribution in [1.29, 1.82) is 0 Å². The summed E-state index contributed by atoms with van der Waals surface area (Å²) in [5.41, 5.74) is 4.99. The number of sulfonamides is 1. The molecule has 1 amide bonds. The highest BCUT2D eigenvalue weighted by Crippen LogP contribution is 2.18. The van der Waals surface area contributed by atoms with E-state index in [4.69, 9.17) is 0 Å². The van der Waals surface area contributed by atoms with Crippen LogP contribution in [0.1, 0.15) is 52.3 Å². The van der Waals surface area contributed by atoms with Crippen molar-refractivity contribution >= 4 is 15.9 Å². The van der Waals surface area contributed by atoms with E-state index in [9.17, 15) is 13.2 Å². The summed E-state index contributed by atoms with van der Waals surface area (Å²) in [6.45, 7) is 10.2. The smallest absolute Gasteiger partial charge is 0.251 e. The number of aromatic nitrogens is 2. The molecule has 0 fully saturated rings. The molecule has 3 aromatic rings. The molecular weight excluding hydrogens is 424 g/mol. The van der Waals surface area contributed by atoms with E-state index in [1.54, 1.807) is 26.8 Å². The van der Waals surface area contributed by atoms with Crippen LogP contribution in [0.2, 0.25) is 0 Å². The molecule has 0 radical (unpaired) electrons. The zero-order valence-corrected chi connectivity index (χ0v) is 20.0. The van der Waals surface area contributed by atoms with Gasteiger partial charge in [0.2, 0.25) is 10.0 Å². The van der Waals surface area contributed by atoms with Crippen molar-refractivity contribution in [3.05, 3.63) is 82.2 Å². The average Bonchev–Trinajstić information content (AvgIpc) is 2.98. The Labute approximate surface area is 189 Å². The van der Waals surface area contributed by atoms with Gasteiger partial charge in [0.1, 0.15) is 0 Å². The van der Waals surface area contributed by atoms with Crippen LogP contribution in [0.15, 0.2) is 53.4 Å². The average molecular weight is 455 g/mol. The lowest BCUT2D eigenvalue weighted by Crippen LogP contribution is -2.31. The first-order valence-electron chi connectivity index (χ1n) is 10.6.